The number of amides is 1. The van der Waals surface area contributed by atoms with Crippen molar-refractivity contribution in [1.82, 2.24) is 5.32 Å². The van der Waals surface area contributed by atoms with E-state index in [9.17, 15) is 19.4 Å². The summed E-state index contributed by atoms with van der Waals surface area (Å²) in [5, 5.41) is 13.9. The van der Waals surface area contributed by atoms with Gasteiger partial charge in [-0.15, -0.1) is 0 Å². The number of phosphoric ester groups is 1. The summed E-state index contributed by atoms with van der Waals surface area (Å²) in [6.07, 6.45) is 53.7. The fourth-order valence-corrected chi connectivity index (χ4v) is 8.05. The normalized spacial score (nSPS) is 14.4. The Morgan fingerprint density at radius 3 is 1.33 bits per heavy atom. The van der Waals surface area contributed by atoms with Gasteiger partial charge in [-0.3, -0.25) is 13.8 Å². The molecule has 0 aliphatic rings. The molecule has 3 atom stereocenters. The van der Waals surface area contributed by atoms with Crippen molar-refractivity contribution >= 4 is 13.7 Å². The van der Waals surface area contributed by atoms with Crippen LogP contribution in [0.15, 0.2) is 36.5 Å². The third kappa shape index (κ3) is 44.8. The number of quaternary nitrogens is 1. The van der Waals surface area contributed by atoms with Crippen molar-refractivity contribution in [2.45, 2.75) is 244 Å². The third-order valence-electron chi connectivity index (χ3n) is 11.3. The van der Waals surface area contributed by atoms with Gasteiger partial charge in [0.1, 0.15) is 13.2 Å². The minimum atomic E-state index is -4.35. The summed E-state index contributed by atoms with van der Waals surface area (Å²) >= 11 is 0. The van der Waals surface area contributed by atoms with E-state index in [-0.39, 0.29) is 19.1 Å². The average Bonchev–Trinajstić information content (AvgIpc) is 3.20. The SMILES string of the molecule is CCCCCCCCCCCCCC/C=C/CC/C=C/CC/C=C/C(O)C(COP(=O)(O)OCC[N+](C)(C)C)NC(=O)CCCCCCCCCCCCCCCCCC. The number of carbonyl (C=O) groups excluding carboxylic acids is 1. The van der Waals surface area contributed by atoms with Crippen molar-refractivity contribution in [3.8, 4) is 0 Å². The molecule has 9 heteroatoms. The molecular weight excluding hydrogens is 768 g/mol. The Kier molecular flexibility index (Phi) is 42.1. The number of likely N-dealkylation sites (N-methyl/N-ethyl adjacent to an activating group) is 1. The van der Waals surface area contributed by atoms with Crippen molar-refractivity contribution in [2.24, 2.45) is 0 Å². The number of carbonyl (C=O) groups is 1. The number of aliphatic hydroxyl groups is 1. The van der Waals surface area contributed by atoms with Gasteiger partial charge in [0.05, 0.1) is 39.9 Å². The summed E-state index contributed by atoms with van der Waals surface area (Å²) in [7, 11) is 1.55. The Balaban J connectivity index is 4.39. The number of nitrogens with one attached hydrogen (secondary N) is 1. The highest BCUT2D eigenvalue weighted by molar-refractivity contribution is 7.47. The zero-order valence-electron chi connectivity index (χ0n) is 40.2. The molecule has 0 aromatic rings. The first-order chi connectivity index (χ1) is 29.0. The lowest BCUT2D eigenvalue weighted by atomic mass is 10.0. The zero-order valence-corrected chi connectivity index (χ0v) is 41.1. The molecule has 0 heterocycles. The Hall–Kier alpha value is -1.28. The van der Waals surface area contributed by atoms with E-state index in [1.807, 2.05) is 27.2 Å². The predicted octanol–water partition coefficient (Wildman–Crippen LogP) is 14.6. The van der Waals surface area contributed by atoms with Crippen molar-refractivity contribution < 1.29 is 32.9 Å². The molecule has 60 heavy (non-hydrogen) atoms. The minimum Gasteiger partial charge on any atom is -0.387 e. The van der Waals surface area contributed by atoms with Gasteiger partial charge in [-0.25, -0.2) is 4.57 Å². The molecule has 0 bridgehead atoms. The standard InChI is InChI=1S/C51H99N2O6P/c1-6-8-10-12-14-16-18-20-22-24-25-26-27-28-29-30-32-34-36-38-40-42-44-50(54)49(48-59-60(56,57)58-47-46-53(3,4)5)52-51(55)45-43-41-39-37-35-33-31-23-21-19-17-15-13-11-9-7-2/h28-29,34,36,42,44,49-50,54H,6-27,30-33,35,37-41,43,45-48H2,1-5H3,(H-,52,55,56,57)/p+1/b29-28+,36-34+,44-42+. The number of hydrogen-bond donors (Lipinski definition) is 3. The maximum absolute atomic E-state index is 12.9. The van der Waals surface area contributed by atoms with E-state index in [0.29, 0.717) is 17.4 Å². The van der Waals surface area contributed by atoms with Gasteiger partial charge < -0.3 is 19.8 Å². The fraction of sp³-hybridized carbons (Fsp3) is 0.863. The molecule has 0 spiro atoms. The number of phosphoric acid groups is 1. The molecule has 1 amide bonds. The lowest BCUT2D eigenvalue weighted by molar-refractivity contribution is -0.870. The Morgan fingerprint density at radius 1 is 0.550 bits per heavy atom. The maximum Gasteiger partial charge on any atom is 0.472 e. The molecule has 0 aliphatic heterocycles. The molecule has 0 rings (SSSR count). The molecule has 3 N–H and O–H groups in total. The van der Waals surface area contributed by atoms with Gasteiger partial charge in [-0.2, -0.15) is 0 Å². The largest absolute Gasteiger partial charge is 0.472 e. The van der Waals surface area contributed by atoms with E-state index >= 15 is 0 Å². The van der Waals surface area contributed by atoms with Gasteiger partial charge in [0.15, 0.2) is 0 Å². The Bertz CT molecular complexity index is 1070. The summed E-state index contributed by atoms with van der Waals surface area (Å²) in [4.78, 5) is 23.2. The topological polar surface area (TPSA) is 105 Å². The van der Waals surface area contributed by atoms with Crippen molar-refractivity contribution in [2.75, 3.05) is 40.9 Å². The van der Waals surface area contributed by atoms with Gasteiger partial charge in [-0.1, -0.05) is 217 Å². The zero-order chi connectivity index (χ0) is 44.3. The highest BCUT2D eigenvalue weighted by atomic mass is 31.2. The smallest absolute Gasteiger partial charge is 0.387 e. The van der Waals surface area contributed by atoms with Crippen LogP contribution >= 0.6 is 7.82 Å². The van der Waals surface area contributed by atoms with Crippen molar-refractivity contribution in [3.05, 3.63) is 36.5 Å². The summed E-state index contributed by atoms with van der Waals surface area (Å²) in [6.45, 7) is 4.80. The van der Waals surface area contributed by atoms with E-state index in [1.54, 1.807) is 6.08 Å². The van der Waals surface area contributed by atoms with Gasteiger partial charge in [0.25, 0.3) is 0 Å². The highest BCUT2D eigenvalue weighted by Gasteiger charge is 2.27. The van der Waals surface area contributed by atoms with Gasteiger partial charge in [0.2, 0.25) is 5.91 Å². The highest BCUT2D eigenvalue weighted by Crippen LogP contribution is 2.43. The van der Waals surface area contributed by atoms with E-state index < -0.39 is 20.0 Å². The summed E-state index contributed by atoms with van der Waals surface area (Å²) in [5.41, 5.74) is 0. The number of hydrogen-bond acceptors (Lipinski definition) is 5. The lowest BCUT2D eigenvalue weighted by Gasteiger charge is -2.25. The Morgan fingerprint density at radius 2 is 0.917 bits per heavy atom. The molecule has 0 radical (unpaired) electrons. The van der Waals surface area contributed by atoms with Gasteiger partial charge in [0, 0.05) is 6.42 Å². The molecular formula is C51H100N2O6P+. The second kappa shape index (κ2) is 43.0. The van der Waals surface area contributed by atoms with Crippen LogP contribution in [0, 0.1) is 0 Å². The summed E-state index contributed by atoms with van der Waals surface area (Å²) in [5.74, 6) is -0.189. The van der Waals surface area contributed by atoms with Gasteiger partial charge >= 0.3 is 7.82 Å². The van der Waals surface area contributed by atoms with Crippen LogP contribution in [-0.4, -0.2) is 73.4 Å². The first-order valence-corrected chi connectivity index (χ1v) is 26.9. The number of rotatable bonds is 46. The van der Waals surface area contributed by atoms with Crippen molar-refractivity contribution in [3.63, 3.8) is 0 Å². The maximum atomic E-state index is 12.9. The average molecular weight is 868 g/mol. The number of allylic oxidation sites excluding steroid dienone is 5. The van der Waals surface area contributed by atoms with Crippen LogP contribution < -0.4 is 5.32 Å². The number of unbranched alkanes of at least 4 members (excludes halogenated alkanes) is 29. The number of nitrogens with zero attached hydrogens (tertiary/aromatic N) is 1. The fourth-order valence-electron chi connectivity index (χ4n) is 7.31. The molecule has 8 nitrogen and oxygen atoms in total. The van der Waals surface area contributed by atoms with Crippen LogP contribution in [0.25, 0.3) is 0 Å². The monoisotopic (exact) mass is 868 g/mol. The predicted molar refractivity (Wildman–Crippen MR) is 258 cm³/mol. The van der Waals surface area contributed by atoms with Gasteiger partial charge in [-0.05, 0) is 44.9 Å². The molecule has 0 saturated carbocycles. The van der Waals surface area contributed by atoms with Crippen LogP contribution in [0.5, 0.6) is 0 Å². The Labute approximate surface area is 372 Å². The van der Waals surface area contributed by atoms with E-state index in [4.69, 9.17) is 9.05 Å². The van der Waals surface area contributed by atoms with Crippen LogP contribution in [-0.2, 0) is 18.4 Å². The van der Waals surface area contributed by atoms with Crippen LogP contribution in [0.2, 0.25) is 0 Å². The van der Waals surface area contributed by atoms with Crippen LogP contribution in [0.3, 0.4) is 0 Å². The molecule has 354 valence electrons. The molecule has 3 unspecified atom stereocenters. The second-order valence-electron chi connectivity index (χ2n) is 18.5. The van der Waals surface area contributed by atoms with Crippen LogP contribution in [0.1, 0.15) is 232 Å². The molecule has 0 aliphatic carbocycles. The minimum absolute atomic E-state index is 0.0549. The first-order valence-electron chi connectivity index (χ1n) is 25.4. The third-order valence-corrected chi connectivity index (χ3v) is 12.3. The first kappa shape index (κ1) is 58.7. The van der Waals surface area contributed by atoms with E-state index in [0.717, 1.165) is 44.9 Å². The van der Waals surface area contributed by atoms with Crippen molar-refractivity contribution in [1.29, 1.82) is 0 Å². The second-order valence-corrected chi connectivity index (χ2v) is 20.0. The van der Waals surface area contributed by atoms with E-state index in [1.165, 1.54) is 167 Å². The summed E-state index contributed by atoms with van der Waals surface area (Å²) < 4.78 is 23.6. The van der Waals surface area contributed by atoms with E-state index in [2.05, 4.69) is 43.5 Å². The van der Waals surface area contributed by atoms with Crippen LogP contribution in [0.4, 0.5) is 0 Å². The molecule has 0 aromatic carbocycles. The summed E-state index contributed by atoms with van der Waals surface area (Å²) in [6, 6.07) is -0.866. The number of aliphatic hydroxyl groups excluding tert-OH is 1. The molecule has 0 saturated heterocycles. The quantitative estimate of drug-likeness (QED) is 0.0244. The molecule has 0 aromatic heterocycles. The molecule has 0 fully saturated rings. The lowest BCUT2D eigenvalue weighted by Crippen LogP contribution is -2.45.